The molecule has 0 radical (unpaired) electrons. The largest absolute Gasteiger partial charge is 0.394 e. The molecule has 0 aliphatic carbocycles. The zero-order chi connectivity index (χ0) is 27.6. The lowest BCUT2D eigenvalue weighted by Gasteiger charge is -2.03. The molecule has 0 aliphatic rings. The Morgan fingerprint density at radius 3 is 1.94 bits per heavy atom. The highest BCUT2D eigenvalue weighted by Gasteiger charge is 2.19. The van der Waals surface area contributed by atoms with Crippen molar-refractivity contribution in [1.29, 1.82) is 5.41 Å². The van der Waals surface area contributed by atoms with E-state index in [1.165, 1.54) is 21.5 Å². The molecule has 0 atom stereocenters. The average Bonchev–Trinajstić information content (AvgIpc) is 3.26. The number of hydrogen-bond donors (Lipinski definition) is 9. The summed E-state index contributed by atoms with van der Waals surface area (Å²) in [5.74, 6) is -1.54. The first-order valence-electron chi connectivity index (χ1n) is 9.61. The number of amides is 3. The maximum absolute atomic E-state index is 12.5. The Balaban J connectivity index is 0.00000118. The summed E-state index contributed by atoms with van der Waals surface area (Å²) in [5.41, 5.74) is 15.6. The van der Waals surface area contributed by atoms with Gasteiger partial charge in [-0.1, -0.05) is 0 Å². The number of anilines is 2. The van der Waals surface area contributed by atoms with Gasteiger partial charge in [-0.05, 0) is 0 Å². The molecule has 0 aromatic carbocycles. The topological polar surface area (TPSA) is 312 Å². The van der Waals surface area contributed by atoms with Crippen LogP contribution in [0.25, 0.3) is 0 Å². The van der Waals surface area contributed by atoms with Gasteiger partial charge in [0.25, 0.3) is 11.8 Å². The number of aromatic nitrogens is 4. The number of guanidine groups is 1. The first-order valence-corrected chi connectivity index (χ1v) is 11.0. The molecule has 0 fully saturated rings. The number of nitrogens with two attached hydrogens (primary N) is 3. The number of nitrogens with zero attached hydrogens (tertiary/aromatic N) is 5. The normalized spacial score (nSPS) is 10.4. The lowest BCUT2D eigenvalue weighted by molar-refractivity contribution is -0.114. The second-order valence-electron chi connectivity index (χ2n) is 6.84. The summed E-state index contributed by atoms with van der Waals surface area (Å²) >= 11 is 0. The van der Waals surface area contributed by atoms with E-state index in [0.717, 1.165) is 0 Å². The third-order valence-electron chi connectivity index (χ3n) is 3.75. The molecule has 20 heteroatoms. The van der Waals surface area contributed by atoms with Gasteiger partial charge in [-0.25, -0.2) is 15.0 Å². The third kappa shape index (κ3) is 11.0. The summed E-state index contributed by atoms with van der Waals surface area (Å²) in [6.07, 6.45) is 3.11. The van der Waals surface area contributed by atoms with Gasteiger partial charge in [-0.2, -0.15) is 8.42 Å². The van der Waals surface area contributed by atoms with Gasteiger partial charge in [0.15, 0.2) is 17.6 Å². The Bertz CT molecular complexity index is 1250. The minimum atomic E-state index is -4.67. The van der Waals surface area contributed by atoms with Crippen molar-refractivity contribution < 1.29 is 31.9 Å². The molecular weight excluding hydrogens is 504 g/mol. The first-order chi connectivity index (χ1) is 16.6. The van der Waals surface area contributed by atoms with Gasteiger partial charge in [0, 0.05) is 39.5 Å². The van der Waals surface area contributed by atoms with Crippen molar-refractivity contribution in [3.05, 3.63) is 24.0 Å². The van der Waals surface area contributed by atoms with E-state index in [0.29, 0.717) is 0 Å². The van der Waals surface area contributed by atoms with Crippen LogP contribution in [0.2, 0.25) is 0 Å². The molecule has 2 heterocycles. The molecule has 2 aromatic heterocycles. The van der Waals surface area contributed by atoms with Gasteiger partial charge < -0.3 is 42.3 Å². The number of aryl methyl sites for hydroxylation is 2. The van der Waals surface area contributed by atoms with Crippen LogP contribution in [-0.2, 0) is 29.3 Å². The number of carbonyl (C=O) groups is 3. The lowest BCUT2D eigenvalue weighted by Crippen LogP contribution is -2.29. The molecule has 0 saturated carbocycles. The molecule has 12 N–H and O–H groups in total. The molecule has 19 nitrogen and oxygen atoms in total. The van der Waals surface area contributed by atoms with Crippen LogP contribution >= 0.6 is 0 Å². The average molecular weight is 531 g/mol. The molecular formula is C16H26N12O7S. The predicted molar refractivity (Wildman–Crippen MR) is 127 cm³/mol. The smallest absolute Gasteiger partial charge is 0.388 e. The third-order valence-corrected chi connectivity index (χ3v) is 3.75. The van der Waals surface area contributed by atoms with Crippen LogP contribution in [0, 0.1) is 5.41 Å². The van der Waals surface area contributed by atoms with Crippen LogP contribution in [0.15, 0.2) is 17.4 Å². The zero-order valence-electron chi connectivity index (χ0n) is 19.1. The van der Waals surface area contributed by atoms with Crippen LogP contribution in [0.3, 0.4) is 0 Å². The Morgan fingerprint density at radius 1 is 1.00 bits per heavy atom. The minimum Gasteiger partial charge on any atom is -0.388 e. The SMILES string of the molecule is Cn1cc(NC(=O)c2nc(NC(=O)CN=C(N)N)cn2C)nc1C(=O)NCCC(=N)N.O=S(=O)(O)O. The van der Waals surface area contributed by atoms with Gasteiger partial charge >= 0.3 is 10.4 Å². The number of imidazole rings is 2. The van der Waals surface area contributed by atoms with E-state index in [-0.39, 0.29) is 54.6 Å². The van der Waals surface area contributed by atoms with Crippen LogP contribution in [0.1, 0.15) is 27.7 Å². The number of amidine groups is 1. The Kier molecular flexibility index (Phi) is 10.5. The van der Waals surface area contributed by atoms with Gasteiger partial charge in [0.2, 0.25) is 17.6 Å². The first kappa shape index (κ1) is 29.5. The van der Waals surface area contributed by atoms with E-state index in [1.807, 2.05) is 0 Å². The highest BCUT2D eigenvalue weighted by atomic mass is 32.3. The van der Waals surface area contributed by atoms with Crippen LogP contribution < -0.4 is 33.2 Å². The number of aliphatic imine (C=N–C) groups is 1. The highest BCUT2D eigenvalue weighted by molar-refractivity contribution is 7.79. The van der Waals surface area contributed by atoms with Crippen molar-refractivity contribution >= 4 is 51.6 Å². The standard InChI is InChI=1S/C16H24N12O3.H2O4S/c1-27-7-10(25-12(27)14(30)21-4-3-8(17)18)26-15(31)13-24-9(6-28(13)2)23-11(29)5-22-16(19)20;1-5(2,3)4/h6-7H,3-5H2,1-2H3,(H3,17,18)(H,21,30)(H,23,29)(H,26,31)(H4,19,20,22);(H2,1,2,3,4). The van der Waals surface area contributed by atoms with Crippen molar-refractivity contribution in [3.8, 4) is 0 Å². The Morgan fingerprint density at radius 2 is 1.47 bits per heavy atom. The van der Waals surface area contributed by atoms with Crippen molar-refractivity contribution in [2.45, 2.75) is 6.42 Å². The van der Waals surface area contributed by atoms with E-state index in [9.17, 15) is 14.4 Å². The monoisotopic (exact) mass is 530 g/mol. The van der Waals surface area contributed by atoms with Crippen molar-refractivity contribution in [2.24, 2.45) is 36.3 Å². The summed E-state index contributed by atoms with van der Waals surface area (Å²) in [6, 6.07) is 0. The quantitative estimate of drug-likeness (QED) is 0.0890. The molecule has 2 rings (SSSR count). The van der Waals surface area contributed by atoms with E-state index < -0.39 is 28.1 Å². The molecule has 198 valence electrons. The fraction of sp³-hybridized carbons (Fsp3) is 0.312. The summed E-state index contributed by atoms with van der Waals surface area (Å²) in [5, 5.41) is 14.7. The molecule has 0 saturated heterocycles. The molecule has 36 heavy (non-hydrogen) atoms. The Hall–Kier alpha value is -4.56. The van der Waals surface area contributed by atoms with E-state index in [1.54, 1.807) is 14.1 Å². The second kappa shape index (κ2) is 12.8. The summed E-state index contributed by atoms with van der Waals surface area (Å²) in [6.45, 7) is -0.0979. The zero-order valence-corrected chi connectivity index (χ0v) is 19.9. The molecule has 0 aliphatic heterocycles. The van der Waals surface area contributed by atoms with Crippen molar-refractivity contribution in [2.75, 3.05) is 23.7 Å². The van der Waals surface area contributed by atoms with Crippen LogP contribution in [-0.4, -0.2) is 79.2 Å². The number of hydrogen-bond acceptors (Lipinski definition) is 9. The van der Waals surface area contributed by atoms with E-state index in [2.05, 4.69) is 30.9 Å². The fourth-order valence-corrected chi connectivity index (χ4v) is 2.38. The lowest BCUT2D eigenvalue weighted by atomic mass is 10.4. The predicted octanol–water partition coefficient (Wildman–Crippen LogP) is -2.98. The molecule has 3 amide bonds. The van der Waals surface area contributed by atoms with Gasteiger partial charge in [-0.15, -0.1) is 0 Å². The van der Waals surface area contributed by atoms with Crippen LogP contribution in [0.5, 0.6) is 0 Å². The van der Waals surface area contributed by atoms with Crippen LogP contribution in [0.4, 0.5) is 11.6 Å². The highest BCUT2D eigenvalue weighted by Crippen LogP contribution is 2.12. The van der Waals surface area contributed by atoms with Gasteiger partial charge in [0.1, 0.15) is 6.54 Å². The number of carbonyl (C=O) groups excluding carboxylic acids is 3. The molecule has 0 unspecified atom stereocenters. The number of rotatable bonds is 9. The summed E-state index contributed by atoms with van der Waals surface area (Å²) in [7, 11) is -1.51. The van der Waals surface area contributed by atoms with Crippen molar-refractivity contribution in [3.63, 3.8) is 0 Å². The maximum atomic E-state index is 12.5. The molecule has 0 bridgehead atoms. The van der Waals surface area contributed by atoms with Gasteiger partial charge in [0.05, 0.1) is 5.84 Å². The maximum Gasteiger partial charge on any atom is 0.394 e. The molecule has 2 aromatic rings. The van der Waals surface area contributed by atoms with E-state index >= 15 is 0 Å². The fourth-order valence-electron chi connectivity index (χ4n) is 2.38. The second-order valence-corrected chi connectivity index (χ2v) is 7.74. The summed E-state index contributed by atoms with van der Waals surface area (Å²) in [4.78, 5) is 48.2. The van der Waals surface area contributed by atoms with Gasteiger partial charge in [-0.3, -0.25) is 28.9 Å². The number of nitrogens with one attached hydrogen (secondary N) is 4. The van der Waals surface area contributed by atoms with Crippen molar-refractivity contribution in [1.82, 2.24) is 24.4 Å². The van der Waals surface area contributed by atoms with E-state index in [4.69, 9.17) is 40.1 Å². The molecule has 0 spiro atoms. The summed E-state index contributed by atoms with van der Waals surface area (Å²) < 4.78 is 34.4. The minimum absolute atomic E-state index is 0.00440. The Labute approximate surface area is 204 Å².